The summed E-state index contributed by atoms with van der Waals surface area (Å²) in [5, 5.41) is -0.100. The number of rotatable bonds is 3. The number of alkyl halides is 4. The first-order valence-corrected chi connectivity index (χ1v) is 4.88. The first-order chi connectivity index (χ1) is 6.88. The van der Waals surface area contributed by atoms with Gasteiger partial charge in [-0.2, -0.15) is 13.2 Å². The largest absolute Gasteiger partial charge is 0.411 e. The van der Waals surface area contributed by atoms with E-state index in [1.54, 1.807) is 0 Å². The molecule has 1 amide bonds. The second kappa shape index (κ2) is 5.03. The highest BCUT2D eigenvalue weighted by atomic mass is 35.5. The molecule has 3 nitrogen and oxygen atoms in total. The molecule has 1 aliphatic heterocycles. The van der Waals surface area contributed by atoms with E-state index < -0.39 is 25.3 Å². The number of nitrogens with zero attached hydrogens (tertiary/aromatic N) is 1. The molecule has 0 radical (unpaired) electrons. The fraction of sp³-hybridized carbons (Fsp3) is 0.875. The molecule has 15 heavy (non-hydrogen) atoms. The summed E-state index contributed by atoms with van der Waals surface area (Å²) in [4.78, 5) is 12.7. The minimum absolute atomic E-state index is 0.100. The van der Waals surface area contributed by atoms with Gasteiger partial charge in [-0.05, 0) is 6.42 Å². The molecule has 0 spiro atoms. The highest BCUT2D eigenvalue weighted by Gasteiger charge is 2.29. The van der Waals surface area contributed by atoms with Gasteiger partial charge in [0, 0.05) is 13.1 Å². The number of likely N-dealkylation sites (tertiary alicyclic amines) is 1. The van der Waals surface area contributed by atoms with Crippen LogP contribution in [0.15, 0.2) is 0 Å². The van der Waals surface area contributed by atoms with E-state index in [0.29, 0.717) is 19.5 Å². The van der Waals surface area contributed by atoms with Gasteiger partial charge in [0.2, 0.25) is 5.91 Å². The number of hydrogen-bond donors (Lipinski definition) is 0. The van der Waals surface area contributed by atoms with Crippen LogP contribution in [0.1, 0.15) is 6.42 Å². The summed E-state index contributed by atoms with van der Waals surface area (Å²) in [6, 6.07) is 0. The topological polar surface area (TPSA) is 29.5 Å². The molecule has 0 aromatic carbocycles. The van der Waals surface area contributed by atoms with Crippen molar-refractivity contribution in [2.24, 2.45) is 0 Å². The molecular weight excluding hydrogens is 235 g/mol. The number of carbonyl (C=O) groups is 1. The predicted octanol–water partition coefficient (Wildman–Crippen LogP) is 1.41. The Kier molecular flexibility index (Phi) is 4.21. The van der Waals surface area contributed by atoms with Gasteiger partial charge in [-0.1, -0.05) is 0 Å². The lowest BCUT2D eigenvalue weighted by Crippen LogP contribution is -2.33. The lowest BCUT2D eigenvalue weighted by Gasteiger charge is -2.15. The lowest BCUT2D eigenvalue weighted by molar-refractivity contribution is -0.177. The summed E-state index contributed by atoms with van der Waals surface area (Å²) in [7, 11) is 0. The van der Waals surface area contributed by atoms with Crippen LogP contribution in [0.3, 0.4) is 0 Å². The van der Waals surface area contributed by atoms with Gasteiger partial charge in [-0.25, -0.2) is 0 Å². The van der Waals surface area contributed by atoms with E-state index in [9.17, 15) is 18.0 Å². The van der Waals surface area contributed by atoms with E-state index in [0.717, 1.165) is 0 Å². The Balaban J connectivity index is 2.19. The third-order valence-corrected chi connectivity index (χ3v) is 2.33. The van der Waals surface area contributed by atoms with E-state index in [4.69, 9.17) is 11.6 Å². The van der Waals surface area contributed by atoms with E-state index in [-0.39, 0.29) is 5.38 Å². The summed E-state index contributed by atoms with van der Waals surface area (Å²) in [5.41, 5.74) is 0. The normalized spacial score (nSPS) is 22.1. The van der Waals surface area contributed by atoms with Crippen LogP contribution in [0, 0.1) is 0 Å². The number of hydrogen-bond acceptors (Lipinski definition) is 2. The molecule has 1 aliphatic rings. The van der Waals surface area contributed by atoms with Crippen molar-refractivity contribution in [1.29, 1.82) is 0 Å². The van der Waals surface area contributed by atoms with Crippen molar-refractivity contribution >= 4 is 17.5 Å². The van der Waals surface area contributed by atoms with E-state index in [1.165, 1.54) is 4.90 Å². The summed E-state index contributed by atoms with van der Waals surface area (Å²) in [6.45, 7) is -1.06. The second-order valence-corrected chi connectivity index (χ2v) is 3.95. The van der Waals surface area contributed by atoms with E-state index >= 15 is 0 Å². The van der Waals surface area contributed by atoms with Crippen LogP contribution in [0.2, 0.25) is 0 Å². The van der Waals surface area contributed by atoms with Gasteiger partial charge in [0.15, 0.2) is 0 Å². The Bertz CT molecular complexity index is 234. The van der Waals surface area contributed by atoms with Gasteiger partial charge < -0.3 is 9.64 Å². The van der Waals surface area contributed by atoms with Crippen LogP contribution >= 0.6 is 11.6 Å². The molecule has 0 bridgehead atoms. The van der Waals surface area contributed by atoms with Crippen LogP contribution in [-0.2, 0) is 9.53 Å². The maximum Gasteiger partial charge on any atom is 0.411 e. The quantitative estimate of drug-likeness (QED) is 0.704. The second-order valence-electron chi connectivity index (χ2n) is 3.33. The predicted molar refractivity (Wildman–Crippen MR) is 47.7 cm³/mol. The maximum atomic E-state index is 11.7. The van der Waals surface area contributed by atoms with Crippen LogP contribution in [0.4, 0.5) is 13.2 Å². The molecule has 1 atom stereocenters. The monoisotopic (exact) mass is 245 g/mol. The summed E-state index contributed by atoms with van der Waals surface area (Å²) in [5.74, 6) is -0.442. The molecule has 0 aromatic heterocycles. The molecule has 1 unspecified atom stereocenters. The Morgan fingerprint density at radius 2 is 2.20 bits per heavy atom. The fourth-order valence-electron chi connectivity index (χ4n) is 1.29. The molecule has 0 aromatic rings. The lowest BCUT2D eigenvalue weighted by atomic mass is 10.4. The molecular formula is C8H11ClF3NO2. The van der Waals surface area contributed by atoms with Gasteiger partial charge in [0.25, 0.3) is 0 Å². The molecule has 0 aliphatic carbocycles. The van der Waals surface area contributed by atoms with Crippen molar-refractivity contribution < 1.29 is 22.7 Å². The number of halogens is 4. The Hall–Kier alpha value is -0.490. The third-order valence-electron chi connectivity index (χ3n) is 1.97. The average Bonchev–Trinajstić information content (AvgIpc) is 2.49. The first kappa shape index (κ1) is 12.6. The highest BCUT2D eigenvalue weighted by Crippen LogP contribution is 2.16. The summed E-state index contributed by atoms with van der Waals surface area (Å²) >= 11 is 5.74. The molecule has 1 rings (SSSR count). The zero-order valence-corrected chi connectivity index (χ0v) is 8.64. The van der Waals surface area contributed by atoms with Crippen molar-refractivity contribution in [2.75, 3.05) is 26.3 Å². The summed E-state index contributed by atoms with van der Waals surface area (Å²) in [6.07, 6.45) is -3.72. The molecule has 1 fully saturated rings. The molecule has 0 saturated carbocycles. The zero-order chi connectivity index (χ0) is 11.5. The molecule has 1 saturated heterocycles. The van der Waals surface area contributed by atoms with Crippen molar-refractivity contribution in [3.8, 4) is 0 Å². The Morgan fingerprint density at radius 3 is 2.67 bits per heavy atom. The van der Waals surface area contributed by atoms with Crippen LogP contribution < -0.4 is 0 Å². The van der Waals surface area contributed by atoms with Gasteiger partial charge >= 0.3 is 6.18 Å². The van der Waals surface area contributed by atoms with Crippen LogP contribution in [-0.4, -0.2) is 48.7 Å². The van der Waals surface area contributed by atoms with Gasteiger partial charge in [-0.3, -0.25) is 4.79 Å². The molecule has 1 heterocycles. The van der Waals surface area contributed by atoms with Crippen molar-refractivity contribution in [2.45, 2.75) is 18.0 Å². The maximum absolute atomic E-state index is 11.7. The number of carbonyl (C=O) groups excluding carboxylic acids is 1. The van der Waals surface area contributed by atoms with Crippen molar-refractivity contribution in [3.05, 3.63) is 0 Å². The first-order valence-electron chi connectivity index (χ1n) is 4.45. The molecule has 0 N–H and O–H groups in total. The fourth-order valence-corrected chi connectivity index (χ4v) is 1.55. The molecule has 88 valence electrons. The minimum Gasteiger partial charge on any atom is -0.362 e. The highest BCUT2D eigenvalue weighted by molar-refractivity contribution is 6.21. The SMILES string of the molecule is O=C(COCC(F)(F)F)N1CCC(Cl)C1. The average molecular weight is 246 g/mol. The standard InChI is InChI=1S/C8H11ClF3NO2/c9-6-1-2-13(3-6)7(14)4-15-5-8(10,11)12/h6H,1-5H2. The van der Waals surface area contributed by atoms with Crippen molar-refractivity contribution in [3.63, 3.8) is 0 Å². The van der Waals surface area contributed by atoms with Gasteiger partial charge in [-0.15, -0.1) is 11.6 Å². The third kappa shape index (κ3) is 4.70. The van der Waals surface area contributed by atoms with Gasteiger partial charge in [0.1, 0.15) is 13.2 Å². The van der Waals surface area contributed by atoms with Crippen LogP contribution in [0.25, 0.3) is 0 Å². The van der Waals surface area contributed by atoms with Crippen LogP contribution in [0.5, 0.6) is 0 Å². The van der Waals surface area contributed by atoms with Crippen molar-refractivity contribution in [1.82, 2.24) is 4.90 Å². The van der Waals surface area contributed by atoms with E-state index in [1.807, 2.05) is 0 Å². The summed E-state index contributed by atoms with van der Waals surface area (Å²) < 4.78 is 39.3. The van der Waals surface area contributed by atoms with Gasteiger partial charge in [0.05, 0.1) is 5.38 Å². The smallest absolute Gasteiger partial charge is 0.362 e. The number of ether oxygens (including phenoxy) is 1. The number of amides is 1. The van der Waals surface area contributed by atoms with E-state index in [2.05, 4.69) is 4.74 Å². The molecule has 7 heteroatoms. The zero-order valence-electron chi connectivity index (χ0n) is 7.89. The Morgan fingerprint density at radius 1 is 1.53 bits per heavy atom. The minimum atomic E-state index is -4.39. The Labute approximate surface area is 90.1 Å².